The van der Waals surface area contributed by atoms with Crippen molar-refractivity contribution < 1.29 is 9.53 Å². The van der Waals surface area contributed by atoms with Crippen LogP contribution in [0.2, 0.25) is 5.02 Å². The van der Waals surface area contributed by atoms with E-state index in [1.165, 1.54) is 10.6 Å². The van der Waals surface area contributed by atoms with E-state index in [9.17, 15) is 9.59 Å². The van der Waals surface area contributed by atoms with Crippen LogP contribution in [-0.2, 0) is 6.54 Å². The second kappa shape index (κ2) is 7.89. The summed E-state index contributed by atoms with van der Waals surface area (Å²) in [5.41, 5.74) is 1.23. The molecule has 1 heterocycles. The fraction of sp³-hybridized carbons (Fsp3) is 0.100. The SMILES string of the molecule is COc1ccc(Cn2cccc(C(=O)Nc3ccc(Cl)cc3)c2=O)cc1. The summed E-state index contributed by atoms with van der Waals surface area (Å²) in [7, 11) is 1.60. The summed E-state index contributed by atoms with van der Waals surface area (Å²) in [4.78, 5) is 25.1. The van der Waals surface area contributed by atoms with Crippen LogP contribution < -0.4 is 15.6 Å². The van der Waals surface area contributed by atoms with Gasteiger partial charge in [0, 0.05) is 16.9 Å². The maximum absolute atomic E-state index is 12.6. The zero-order chi connectivity index (χ0) is 18.5. The van der Waals surface area contributed by atoms with Crippen LogP contribution in [0.5, 0.6) is 5.75 Å². The Balaban J connectivity index is 1.80. The van der Waals surface area contributed by atoms with Crippen molar-refractivity contribution >= 4 is 23.2 Å². The standard InChI is InChI=1S/C20H17ClN2O3/c1-26-17-10-4-14(5-11-17)13-23-12-2-3-18(20(23)25)19(24)22-16-8-6-15(21)7-9-16/h2-12H,13H2,1H3,(H,22,24). The Morgan fingerprint density at radius 1 is 1.08 bits per heavy atom. The average molecular weight is 369 g/mol. The molecule has 3 rings (SSSR count). The molecule has 0 atom stereocenters. The van der Waals surface area contributed by atoms with Crippen LogP contribution in [0.25, 0.3) is 0 Å². The quantitative estimate of drug-likeness (QED) is 0.745. The average Bonchev–Trinajstić information content (AvgIpc) is 2.66. The Kier molecular flexibility index (Phi) is 5.39. The first-order valence-corrected chi connectivity index (χ1v) is 8.34. The number of carbonyl (C=O) groups excluding carboxylic acids is 1. The van der Waals surface area contributed by atoms with E-state index in [0.29, 0.717) is 17.3 Å². The van der Waals surface area contributed by atoms with E-state index >= 15 is 0 Å². The van der Waals surface area contributed by atoms with Crippen LogP contribution >= 0.6 is 11.6 Å². The van der Waals surface area contributed by atoms with Gasteiger partial charge in [0.25, 0.3) is 11.5 Å². The molecule has 0 aliphatic heterocycles. The van der Waals surface area contributed by atoms with Gasteiger partial charge in [-0.1, -0.05) is 23.7 Å². The topological polar surface area (TPSA) is 60.3 Å². The lowest BCUT2D eigenvalue weighted by atomic mass is 10.2. The number of hydrogen-bond acceptors (Lipinski definition) is 3. The molecule has 5 nitrogen and oxygen atoms in total. The molecular weight excluding hydrogens is 352 g/mol. The zero-order valence-electron chi connectivity index (χ0n) is 14.1. The van der Waals surface area contributed by atoms with Gasteiger partial charge in [-0.05, 0) is 54.1 Å². The monoisotopic (exact) mass is 368 g/mol. The first-order valence-electron chi connectivity index (χ1n) is 7.96. The third kappa shape index (κ3) is 4.13. The summed E-state index contributed by atoms with van der Waals surface area (Å²) < 4.78 is 6.63. The highest BCUT2D eigenvalue weighted by Crippen LogP contribution is 2.14. The highest BCUT2D eigenvalue weighted by Gasteiger charge is 2.12. The molecule has 26 heavy (non-hydrogen) atoms. The number of amides is 1. The molecule has 0 saturated heterocycles. The number of pyridine rings is 1. The van der Waals surface area contributed by atoms with Gasteiger partial charge in [-0.3, -0.25) is 9.59 Å². The van der Waals surface area contributed by atoms with E-state index in [1.54, 1.807) is 43.6 Å². The van der Waals surface area contributed by atoms with Crippen molar-refractivity contribution in [2.24, 2.45) is 0 Å². The van der Waals surface area contributed by atoms with Gasteiger partial charge < -0.3 is 14.6 Å². The Bertz CT molecular complexity index is 964. The normalized spacial score (nSPS) is 10.4. The van der Waals surface area contributed by atoms with Crippen LogP contribution in [0.1, 0.15) is 15.9 Å². The summed E-state index contributed by atoms with van der Waals surface area (Å²) in [6.07, 6.45) is 1.66. The number of carbonyl (C=O) groups is 1. The molecule has 1 N–H and O–H groups in total. The van der Waals surface area contributed by atoms with Gasteiger partial charge in [-0.2, -0.15) is 0 Å². The molecule has 0 unspecified atom stereocenters. The number of methoxy groups -OCH3 is 1. The Hall–Kier alpha value is -3.05. The molecule has 0 aliphatic rings. The summed E-state index contributed by atoms with van der Waals surface area (Å²) in [5.74, 6) is 0.290. The minimum Gasteiger partial charge on any atom is -0.497 e. The van der Waals surface area contributed by atoms with E-state index < -0.39 is 5.91 Å². The molecular formula is C20H17ClN2O3. The minimum atomic E-state index is -0.457. The van der Waals surface area contributed by atoms with Crippen LogP contribution in [0.3, 0.4) is 0 Å². The predicted octanol–water partition coefficient (Wildman–Crippen LogP) is 3.81. The number of aromatic nitrogens is 1. The third-order valence-corrected chi connectivity index (χ3v) is 4.13. The molecule has 6 heteroatoms. The van der Waals surface area contributed by atoms with Crippen LogP contribution in [0.15, 0.2) is 71.7 Å². The van der Waals surface area contributed by atoms with Crippen molar-refractivity contribution in [3.05, 3.63) is 93.4 Å². The number of hydrogen-bond donors (Lipinski definition) is 1. The number of benzene rings is 2. The summed E-state index contributed by atoms with van der Waals surface area (Å²) in [6, 6.07) is 17.3. The van der Waals surface area contributed by atoms with Crippen molar-refractivity contribution in [3.63, 3.8) is 0 Å². The van der Waals surface area contributed by atoms with Crippen molar-refractivity contribution in [2.75, 3.05) is 12.4 Å². The minimum absolute atomic E-state index is 0.0796. The fourth-order valence-electron chi connectivity index (χ4n) is 2.49. The summed E-state index contributed by atoms with van der Waals surface area (Å²) >= 11 is 5.83. The van der Waals surface area contributed by atoms with Crippen molar-refractivity contribution in [1.82, 2.24) is 4.57 Å². The number of halogens is 1. The van der Waals surface area contributed by atoms with Crippen molar-refractivity contribution in [3.8, 4) is 5.75 Å². The van der Waals surface area contributed by atoms with E-state index in [0.717, 1.165) is 11.3 Å². The van der Waals surface area contributed by atoms with Gasteiger partial charge in [0.15, 0.2) is 0 Å². The first kappa shape index (κ1) is 17.8. The molecule has 132 valence electrons. The maximum Gasteiger partial charge on any atom is 0.263 e. The molecule has 0 aliphatic carbocycles. The fourth-order valence-corrected chi connectivity index (χ4v) is 2.62. The predicted molar refractivity (Wildman–Crippen MR) is 102 cm³/mol. The van der Waals surface area contributed by atoms with E-state index in [4.69, 9.17) is 16.3 Å². The third-order valence-electron chi connectivity index (χ3n) is 3.88. The van der Waals surface area contributed by atoms with Gasteiger partial charge in [0.05, 0.1) is 13.7 Å². The molecule has 1 aromatic heterocycles. The Labute approximate surface area is 155 Å². The van der Waals surface area contributed by atoms with Gasteiger partial charge >= 0.3 is 0 Å². The molecule has 0 bridgehead atoms. The number of nitrogens with one attached hydrogen (secondary N) is 1. The number of anilines is 1. The Morgan fingerprint density at radius 3 is 2.42 bits per heavy atom. The number of ether oxygens (including phenoxy) is 1. The number of rotatable bonds is 5. The summed E-state index contributed by atoms with van der Waals surface area (Å²) in [6.45, 7) is 0.366. The smallest absolute Gasteiger partial charge is 0.263 e. The highest BCUT2D eigenvalue weighted by atomic mass is 35.5. The van der Waals surface area contributed by atoms with E-state index in [-0.39, 0.29) is 11.1 Å². The largest absolute Gasteiger partial charge is 0.497 e. The van der Waals surface area contributed by atoms with Gasteiger partial charge in [0.1, 0.15) is 11.3 Å². The second-order valence-corrected chi connectivity index (χ2v) is 6.10. The molecule has 0 radical (unpaired) electrons. The van der Waals surface area contributed by atoms with E-state index in [1.807, 2.05) is 24.3 Å². The van der Waals surface area contributed by atoms with Crippen LogP contribution in [0.4, 0.5) is 5.69 Å². The van der Waals surface area contributed by atoms with Crippen molar-refractivity contribution in [1.29, 1.82) is 0 Å². The van der Waals surface area contributed by atoms with E-state index in [2.05, 4.69) is 5.32 Å². The first-order chi connectivity index (χ1) is 12.6. The molecule has 0 saturated carbocycles. The lowest BCUT2D eigenvalue weighted by molar-refractivity contribution is 0.102. The van der Waals surface area contributed by atoms with Crippen molar-refractivity contribution in [2.45, 2.75) is 6.54 Å². The molecule has 0 spiro atoms. The van der Waals surface area contributed by atoms with Gasteiger partial charge in [-0.25, -0.2) is 0 Å². The highest BCUT2D eigenvalue weighted by molar-refractivity contribution is 6.30. The second-order valence-electron chi connectivity index (χ2n) is 5.66. The lowest BCUT2D eigenvalue weighted by Gasteiger charge is -2.09. The van der Waals surface area contributed by atoms with Gasteiger partial charge in [-0.15, -0.1) is 0 Å². The molecule has 1 amide bonds. The molecule has 2 aromatic carbocycles. The maximum atomic E-state index is 12.6. The molecule has 0 fully saturated rings. The number of nitrogens with zero attached hydrogens (tertiary/aromatic N) is 1. The Morgan fingerprint density at radius 2 is 1.77 bits per heavy atom. The lowest BCUT2D eigenvalue weighted by Crippen LogP contribution is -2.29. The molecule has 3 aromatic rings. The van der Waals surface area contributed by atoms with Crippen LogP contribution in [0, 0.1) is 0 Å². The summed E-state index contributed by atoms with van der Waals surface area (Å²) in [5, 5.41) is 3.28. The van der Waals surface area contributed by atoms with Crippen LogP contribution in [-0.4, -0.2) is 17.6 Å². The zero-order valence-corrected chi connectivity index (χ0v) is 14.9. The van der Waals surface area contributed by atoms with Gasteiger partial charge in [0.2, 0.25) is 0 Å².